The summed E-state index contributed by atoms with van der Waals surface area (Å²) in [5, 5.41) is 0. The molecule has 2 N–H and O–H groups in total. The van der Waals surface area contributed by atoms with Gasteiger partial charge in [-0.05, 0) is 42.8 Å². The Hall–Kier alpha value is -1.52. The number of hydrogen-bond acceptors (Lipinski definition) is 3. The summed E-state index contributed by atoms with van der Waals surface area (Å²) >= 11 is 1.75. The second kappa shape index (κ2) is 6.08. The van der Waals surface area contributed by atoms with Crippen LogP contribution in [-0.2, 0) is 6.42 Å². The average molecular weight is 303 g/mol. The summed E-state index contributed by atoms with van der Waals surface area (Å²) in [5.74, 6) is 1.47. The minimum absolute atomic E-state index is 0.0617. The molecule has 1 aliphatic heterocycles. The van der Waals surface area contributed by atoms with Crippen LogP contribution in [-0.4, -0.2) is 11.9 Å². The molecule has 4 heteroatoms. The highest BCUT2D eigenvalue weighted by Crippen LogP contribution is 2.32. The number of rotatable bonds is 4. The van der Waals surface area contributed by atoms with Crippen LogP contribution in [0.3, 0.4) is 0 Å². The zero-order valence-corrected chi connectivity index (χ0v) is 12.7. The van der Waals surface area contributed by atoms with Crippen molar-refractivity contribution in [1.29, 1.82) is 0 Å². The van der Waals surface area contributed by atoms with Crippen molar-refractivity contribution in [3.63, 3.8) is 0 Å². The number of ether oxygens (including phenoxy) is 1. The summed E-state index contributed by atoms with van der Waals surface area (Å²) in [5.41, 5.74) is 7.94. The fourth-order valence-corrected chi connectivity index (χ4v) is 3.33. The molecule has 110 valence electrons. The van der Waals surface area contributed by atoms with Crippen molar-refractivity contribution in [2.24, 2.45) is 5.73 Å². The van der Waals surface area contributed by atoms with E-state index in [1.54, 1.807) is 23.9 Å². The van der Waals surface area contributed by atoms with Crippen molar-refractivity contribution in [3.05, 3.63) is 59.4 Å². The summed E-state index contributed by atoms with van der Waals surface area (Å²) in [6.45, 7) is 1.98. The molecule has 0 spiro atoms. The van der Waals surface area contributed by atoms with E-state index in [-0.39, 0.29) is 18.0 Å². The highest BCUT2D eigenvalue weighted by atomic mass is 32.2. The molecule has 0 saturated heterocycles. The van der Waals surface area contributed by atoms with Crippen LogP contribution in [0.5, 0.6) is 5.75 Å². The summed E-state index contributed by atoms with van der Waals surface area (Å²) < 4.78 is 19.0. The second-order valence-electron chi connectivity index (χ2n) is 5.36. The fraction of sp³-hybridized carbons (Fsp3) is 0.294. The molecule has 2 nitrogen and oxygen atoms in total. The number of thioether (sulfide) groups is 1. The Labute approximate surface area is 128 Å². The molecule has 1 aliphatic rings. The first kappa shape index (κ1) is 14.4. The minimum atomic E-state index is -0.197. The van der Waals surface area contributed by atoms with Gasteiger partial charge in [0.1, 0.15) is 17.7 Å². The third-order valence-corrected chi connectivity index (χ3v) is 4.75. The largest absolute Gasteiger partial charge is 0.489 e. The molecule has 0 amide bonds. The van der Waals surface area contributed by atoms with E-state index in [2.05, 4.69) is 24.3 Å². The first-order chi connectivity index (χ1) is 10.1. The van der Waals surface area contributed by atoms with E-state index in [4.69, 9.17) is 10.5 Å². The van der Waals surface area contributed by atoms with E-state index in [0.717, 1.165) is 29.1 Å². The quantitative estimate of drug-likeness (QED) is 0.869. The van der Waals surface area contributed by atoms with Gasteiger partial charge in [-0.15, -0.1) is 11.8 Å². The Bertz CT molecular complexity index is 627. The molecule has 0 bridgehead atoms. The van der Waals surface area contributed by atoms with Crippen molar-refractivity contribution in [1.82, 2.24) is 0 Å². The molecule has 2 aromatic carbocycles. The number of fused-ring (bicyclic) bond motifs is 1. The molecule has 2 unspecified atom stereocenters. The van der Waals surface area contributed by atoms with Crippen LogP contribution >= 0.6 is 11.8 Å². The van der Waals surface area contributed by atoms with Gasteiger partial charge in [0.2, 0.25) is 0 Å². The Morgan fingerprint density at radius 3 is 2.76 bits per heavy atom. The summed E-state index contributed by atoms with van der Waals surface area (Å²) in [6.07, 6.45) is 0.887. The van der Waals surface area contributed by atoms with Crippen LogP contribution in [0.4, 0.5) is 4.39 Å². The molecule has 0 saturated carbocycles. The summed E-state index contributed by atoms with van der Waals surface area (Å²) in [7, 11) is 0. The van der Waals surface area contributed by atoms with Crippen molar-refractivity contribution in [2.75, 3.05) is 5.75 Å². The lowest BCUT2D eigenvalue weighted by Gasteiger charge is -2.11. The van der Waals surface area contributed by atoms with Crippen molar-refractivity contribution in [2.45, 2.75) is 30.4 Å². The maximum Gasteiger partial charge on any atom is 0.123 e. The van der Waals surface area contributed by atoms with E-state index < -0.39 is 0 Å². The Kier molecular flexibility index (Phi) is 4.17. The van der Waals surface area contributed by atoms with Crippen molar-refractivity contribution in [3.8, 4) is 5.75 Å². The zero-order chi connectivity index (χ0) is 14.8. The second-order valence-corrected chi connectivity index (χ2v) is 6.46. The van der Waals surface area contributed by atoms with E-state index >= 15 is 0 Å². The van der Waals surface area contributed by atoms with Crippen molar-refractivity contribution < 1.29 is 9.13 Å². The molecule has 2 aromatic rings. The maximum atomic E-state index is 13.2. The normalized spacial score (nSPS) is 18.1. The lowest BCUT2D eigenvalue weighted by molar-refractivity contribution is 0.259. The average Bonchev–Trinajstić information content (AvgIpc) is 2.87. The van der Waals surface area contributed by atoms with Gasteiger partial charge in [0.15, 0.2) is 0 Å². The SMILES string of the molecule is CC(N)c1ccc(SCC2Cc3cc(F)ccc3O2)cc1. The monoisotopic (exact) mass is 303 g/mol. The Balaban J connectivity index is 1.57. The Morgan fingerprint density at radius 2 is 2.05 bits per heavy atom. The lowest BCUT2D eigenvalue weighted by Crippen LogP contribution is -2.15. The predicted octanol–water partition coefficient (Wildman–Crippen LogP) is 3.94. The number of benzene rings is 2. The zero-order valence-electron chi connectivity index (χ0n) is 11.9. The molecule has 3 rings (SSSR count). The standard InChI is InChI=1S/C17H18FNOS/c1-11(19)12-2-5-16(6-3-12)21-10-15-9-13-8-14(18)4-7-17(13)20-15/h2-8,11,15H,9-10,19H2,1H3. The van der Waals surface area contributed by atoms with Gasteiger partial charge in [-0.3, -0.25) is 0 Å². The minimum Gasteiger partial charge on any atom is -0.489 e. The van der Waals surface area contributed by atoms with Gasteiger partial charge in [0.05, 0.1) is 0 Å². The van der Waals surface area contributed by atoms with Gasteiger partial charge in [0.25, 0.3) is 0 Å². The van der Waals surface area contributed by atoms with Gasteiger partial charge in [0, 0.05) is 28.7 Å². The van der Waals surface area contributed by atoms with Crippen LogP contribution in [0.25, 0.3) is 0 Å². The van der Waals surface area contributed by atoms with Crippen LogP contribution in [0.15, 0.2) is 47.4 Å². The molecular formula is C17H18FNOS. The molecule has 1 heterocycles. The lowest BCUT2D eigenvalue weighted by atomic mass is 10.1. The predicted molar refractivity (Wildman–Crippen MR) is 84.3 cm³/mol. The Morgan fingerprint density at radius 1 is 1.29 bits per heavy atom. The van der Waals surface area contributed by atoms with Gasteiger partial charge < -0.3 is 10.5 Å². The van der Waals surface area contributed by atoms with Gasteiger partial charge >= 0.3 is 0 Å². The molecule has 0 aliphatic carbocycles. The third kappa shape index (κ3) is 3.39. The molecule has 0 fully saturated rings. The molecule has 21 heavy (non-hydrogen) atoms. The molecule has 2 atom stereocenters. The van der Waals surface area contributed by atoms with E-state index in [9.17, 15) is 4.39 Å². The molecule has 0 radical (unpaired) electrons. The van der Waals surface area contributed by atoms with Gasteiger partial charge in [-0.1, -0.05) is 12.1 Å². The van der Waals surface area contributed by atoms with Gasteiger partial charge in [-0.2, -0.15) is 0 Å². The van der Waals surface area contributed by atoms with Crippen molar-refractivity contribution >= 4 is 11.8 Å². The molecule has 0 aromatic heterocycles. The summed E-state index contributed by atoms with van der Waals surface area (Å²) in [6, 6.07) is 13.1. The highest BCUT2D eigenvalue weighted by Gasteiger charge is 2.23. The topological polar surface area (TPSA) is 35.2 Å². The molecular weight excluding hydrogens is 285 g/mol. The maximum absolute atomic E-state index is 13.2. The number of halogens is 1. The third-order valence-electron chi connectivity index (χ3n) is 3.61. The number of nitrogens with two attached hydrogens (primary N) is 1. The summed E-state index contributed by atoms with van der Waals surface area (Å²) in [4.78, 5) is 1.20. The van der Waals surface area contributed by atoms with E-state index in [0.29, 0.717) is 0 Å². The smallest absolute Gasteiger partial charge is 0.123 e. The first-order valence-corrected chi connectivity index (χ1v) is 8.04. The van der Waals surface area contributed by atoms with E-state index in [1.165, 1.54) is 11.0 Å². The van der Waals surface area contributed by atoms with Crippen LogP contribution in [0.2, 0.25) is 0 Å². The van der Waals surface area contributed by atoms with Crippen LogP contribution < -0.4 is 10.5 Å². The van der Waals surface area contributed by atoms with Crippen LogP contribution in [0.1, 0.15) is 24.1 Å². The highest BCUT2D eigenvalue weighted by molar-refractivity contribution is 7.99. The first-order valence-electron chi connectivity index (χ1n) is 7.05. The fourth-order valence-electron chi connectivity index (χ4n) is 2.44. The van der Waals surface area contributed by atoms with Gasteiger partial charge in [-0.25, -0.2) is 4.39 Å². The van der Waals surface area contributed by atoms with E-state index in [1.807, 2.05) is 6.92 Å². The van der Waals surface area contributed by atoms with Crippen LogP contribution in [0, 0.1) is 5.82 Å². The number of hydrogen-bond donors (Lipinski definition) is 1.